The number of hydrogen-bond donors (Lipinski definition) is 2. The Morgan fingerprint density at radius 2 is 2.04 bits per heavy atom. The van der Waals surface area contributed by atoms with Gasteiger partial charge in [0, 0.05) is 19.6 Å². The van der Waals surface area contributed by atoms with Gasteiger partial charge in [0.1, 0.15) is 18.5 Å². The monoisotopic (exact) mass is 346 g/mol. The first-order valence-corrected chi connectivity index (χ1v) is 8.73. The molecule has 1 aromatic heterocycles. The van der Waals surface area contributed by atoms with E-state index in [4.69, 9.17) is 0 Å². The third kappa shape index (κ3) is 6.17. The Bertz CT molecular complexity index is 668. The molecule has 7 heteroatoms. The van der Waals surface area contributed by atoms with E-state index in [0.717, 1.165) is 44.0 Å². The van der Waals surface area contributed by atoms with E-state index in [-0.39, 0.29) is 11.9 Å². The molecular weight excluding hydrogens is 319 g/mol. The van der Waals surface area contributed by atoms with Gasteiger partial charge in [-0.25, -0.2) is 4.39 Å². The minimum atomic E-state index is -0.179. The standard InChI is InChI=1S/C18H27FN6/c1-4-20-18(21-9-5-6-10-25-12-22-23-13-25)24-15(3)16-8-7-14(2)17(19)11-16/h7-8,11-13,15H,4-6,9-10H2,1-3H3,(H2,20,21,24). The number of nitrogens with zero attached hydrogens (tertiary/aromatic N) is 4. The van der Waals surface area contributed by atoms with Crippen molar-refractivity contribution in [2.75, 3.05) is 13.1 Å². The Labute approximate surface area is 148 Å². The summed E-state index contributed by atoms with van der Waals surface area (Å²) in [6.45, 7) is 8.20. The molecule has 1 aromatic carbocycles. The molecule has 6 nitrogen and oxygen atoms in total. The number of rotatable bonds is 8. The second-order valence-corrected chi connectivity index (χ2v) is 6.04. The topological polar surface area (TPSA) is 67.1 Å². The maximum Gasteiger partial charge on any atom is 0.191 e. The molecule has 2 aromatic rings. The third-order valence-corrected chi connectivity index (χ3v) is 3.95. The second-order valence-electron chi connectivity index (χ2n) is 6.04. The van der Waals surface area contributed by atoms with Crippen LogP contribution in [0.3, 0.4) is 0 Å². The number of aromatic nitrogens is 3. The molecule has 0 aliphatic rings. The van der Waals surface area contributed by atoms with Gasteiger partial charge in [-0.3, -0.25) is 4.99 Å². The summed E-state index contributed by atoms with van der Waals surface area (Å²) in [4.78, 5) is 4.60. The third-order valence-electron chi connectivity index (χ3n) is 3.95. The minimum absolute atomic E-state index is 0.0232. The molecule has 0 saturated heterocycles. The smallest absolute Gasteiger partial charge is 0.191 e. The Hall–Kier alpha value is -2.44. The maximum absolute atomic E-state index is 13.7. The van der Waals surface area contributed by atoms with Gasteiger partial charge in [-0.05, 0) is 50.8 Å². The van der Waals surface area contributed by atoms with Crippen LogP contribution in [0.15, 0.2) is 35.8 Å². The molecule has 0 bridgehead atoms. The maximum atomic E-state index is 13.7. The predicted octanol–water partition coefficient (Wildman–Crippen LogP) is 2.82. The fourth-order valence-electron chi connectivity index (χ4n) is 2.42. The molecular formula is C18H27FN6. The Morgan fingerprint density at radius 3 is 2.72 bits per heavy atom. The van der Waals surface area contributed by atoms with Crippen LogP contribution in [0.2, 0.25) is 0 Å². The summed E-state index contributed by atoms with van der Waals surface area (Å²) < 4.78 is 15.7. The number of aryl methyl sites for hydroxylation is 2. The second kappa shape index (κ2) is 9.76. The first kappa shape index (κ1) is 18.9. The van der Waals surface area contributed by atoms with Crippen molar-refractivity contribution in [2.24, 2.45) is 4.99 Å². The lowest BCUT2D eigenvalue weighted by atomic mass is 10.1. The van der Waals surface area contributed by atoms with Gasteiger partial charge >= 0.3 is 0 Å². The lowest BCUT2D eigenvalue weighted by Crippen LogP contribution is -2.38. The van der Waals surface area contributed by atoms with Crippen LogP contribution in [-0.4, -0.2) is 33.8 Å². The Kier molecular flexibility index (Phi) is 7.37. The summed E-state index contributed by atoms with van der Waals surface area (Å²) in [6.07, 6.45) is 5.43. The van der Waals surface area contributed by atoms with Crippen molar-refractivity contribution in [3.8, 4) is 0 Å². The highest BCUT2D eigenvalue weighted by atomic mass is 19.1. The molecule has 0 fully saturated rings. The summed E-state index contributed by atoms with van der Waals surface area (Å²) in [5.41, 5.74) is 1.56. The van der Waals surface area contributed by atoms with Gasteiger partial charge in [0.2, 0.25) is 0 Å². The van der Waals surface area contributed by atoms with Crippen molar-refractivity contribution in [2.45, 2.75) is 46.2 Å². The summed E-state index contributed by atoms with van der Waals surface area (Å²) in [7, 11) is 0. The summed E-state index contributed by atoms with van der Waals surface area (Å²) in [5, 5.41) is 14.1. The van der Waals surface area contributed by atoms with Crippen molar-refractivity contribution >= 4 is 5.96 Å². The molecule has 2 rings (SSSR count). The Morgan fingerprint density at radius 1 is 1.28 bits per heavy atom. The fourth-order valence-corrected chi connectivity index (χ4v) is 2.42. The van der Waals surface area contributed by atoms with Crippen LogP contribution >= 0.6 is 0 Å². The number of nitrogens with one attached hydrogen (secondary N) is 2. The van der Waals surface area contributed by atoms with Crippen LogP contribution in [0.5, 0.6) is 0 Å². The van der Waals surface area contributed by atoms with Crippen molar-refractivity contribution in [1.29, 1.82) is 0 Å². The van der Waals surface area contributed by atoms with Gasteiger partial charge in [-0.15, -0.1) is 10.2 Å². The molecule has 1 unspecified atom stereocenters. The van der Waals surface area contributed by atoms with Crippen molar-refractivity contribution in [3.05, 3.63) is 47.8 Å². The molecule has 0 aliphatic carbocycles. The van der Waals surface area contributed by atoms with Crippen LogP contribution in [0.1, 0.15) is 43.9 Å². The SMILES string of the molecule is CCNC(=NCCCCn1cnnc1)NC(C)c1ccc(C)c(F)c1. The van der Waals surface area contributed by atoms with Gasteiger partial charge in [-0.2, -0.15) is 0 Å². The largest absolute Gasteiger partial charge is 0.357 e. The lowest BCUT2D eigenvalue weighted by molar-refractivity contribution is 0.603. The minimum Gasteiger partial charge on any atom is -0.357 e. The molecule has 0 radical (unpaired) electrons. The average molecular weight is 346 g/mol. The zero-order valence-electron chi connectivity index (χ0n) is 15.2. The highest BCUT2D eigenvalue weighted by molar-refractivity contribution is 5.80. The molecule has 25 heavy (non-hydrogen) atoms. The zero-order valence-corrected chi connectivity index (χ0v) is 15.2. The highest BCUT2D eigenvalue weighted by Gasteiger charge is 2.09. The van der Waals surface area contributed by atoms with Crippen LogP contribution < -0.4 is 10.6 Å². The summed E-state index contributed by atoms with van der Waals surface area (Å²) in [6, 6.07) is 5.30. The number of benzene rings is 1. The highest BCUT2D eigenvalue weighted by Crippen LogP contribution is 2.16. The van der Waals surface area contributed by atoms with E-state index in [1.54, 1.807) is 31.7 Å². The molecule has 0 spiro atoms. The molecule has 1 heterocycles. The number of aliphatic imine (C=N–C) groups is 1. The van der Waals surface area contributed by atoms with E-state index in [0.29, 0.717) is 5.56 Å². The molecule has 0 amide bonds. The van der Waals surface area contributed by atoms with E-state index in [9.17, 15) is 4.39 Å². The van der Waals surface area contributed by atoms with E-state index < -0.39 is 0 Å². The molecule has 1 atom stereocenters. The summed E-state index contributed by atoms with van der Waals surface area (Å²) >= 11 is 0. The van der Waals surface area contributed by atoms with Gasteiger partial charge in [0.05, 0.1) is 6.04 Å². The summed E-state index contributed by atoms with van der Waals surface area (Å²) in [5.74, 6) is 0.572. The molecule has 136 valence electrons. The van der Waals surface area contributed by atoms with Crippen LogP contribution in [0.25, 0.3) is 0 Å². The van der Waals surface area contributed by atoms with Gasteiger partial charge in [-0.1, -0.05) is 12.1 Å². The van der Waals surface area contributed by atoms with E-state index in [1.165, 1.54) is 0 Å². The van der Waals surface area contributed by atoms with Crippen LogP contribution in [0, 0.1) is 12.7 Å². The molecule has 0 aliphatic heterocycles. The van der Waals surface area contributed by atoms with Crippen molar-refractivity contribution in [3.63, 3.8) is 0 Å². The van der Waals surface area contributed by atoms with Crippen LogP contribution in [0.4, 0.5) is 4.39 Å². The number of unbranched alkanes of at least 4 members (excludes halogenated alkanes) is 1. The van der Waals surface area contributed by atoms with Gasteiger partial charge in [0.25, 0.3) is 0 Å². The van der Waals surface area contributed by atoms with E-state index >= 15 is 0 Å². The molecule has 2 N–H and O–H groups in total. The quantitative estimate of drug-likeness (QED) is 0.438. The number of guanidine groups is 1. The van der Waals surface area contributed by atoms with Crippen molar-refractivity contribution < 1.29 is 4.39 Å². The molecule has 0 saturated carbocycles. The van der Waals surface area contributed by atoms with E-state index in [2.05, 4.69) is 25.8 Å². The van der Waals surface area contributed by atoms with Crippen LogP contribution in [-0.2, 0) is 6.54 Å². The predicted molar refractivity (Wildman–Crippen MR) is 97.9 cm³/mol. The number of halogens is 1. The van der Waals surface area contributed by atoms with E-state index in [1.807, 2.05) is 24.5 Å². The average Bonchev–Trinajstić information content (AvgIpc) is 3.10. The number of hydrogen-bond acceptors (Lipinski definition) is 3. The van der Waals surface area contributed by atoms with Crippen molar-refractivity contribution in [1.82, 2.24) is 25.4 Å². The lowest BCUT2D eigenvalue weighted by Gasteiger charge is -2.18. The Balaban J connectivity index is 1.84. The normalized spacial score (nSPS) is 12.9. The van der Waals surface area contributed by atoms with Gasteiger partial charge in [0.15, 0.2) is 5.96 Å². The first-order valence-electron chi connectivity index (χ1n) is 8.73. The van der Waals surface area contributed by atoms with Gasteiger partial charge < -0.3 is 15.2 Å². The zero-order chi connectivity index (χ0) is 18.1. The first-order chi connectivity index (χ1) is 12.1. The fraction of sp³-hybridized carbons (Fsp3) is 0.500.